The molecule has 2 aliphatic rings. The standard InChI is InChI=1S/C18H28N2O2/c1-14-9-16-10-18(22-3)7-6-15(16)12-19(11-14)20-8-4-5-17(20)13-21-2/h6-7,10,14,17H,4-5,8-9,11-13H2,1-3H3/t14?,17-/m0/s1. The molecule has 1 aromatic rings. The van der Waals surface area contributed by atoms with Crippen LogP contribution in [0.1, 0.15) is 30.9 Å². The highest BCUT2D eigenvalue weighted by Crippen LogP contribution is 2.29. The molecule has 0 aromatic heterocycles. The third-order valence-electron chi connectivity index (χ3n) is 4.93. The Labute approximate surface area is 134 Å². The quantitative estimate of drug-likeness (QED) is 0.854. The Bertz CT molecular complexity index is 506. The molecule has 1 fully saturated rings. The van der Waals surface area contributed by atoms with Crippen LogP contribution >= 0.6 is 0 Å². The highest BCUT2D eigenvalue weighted by Gasteiger charge is 2.32. The van der Waals surface area contributed by atoms with Crippen molar-refractivity contribution in [3.63, 3.8) is 0 Å². The van der Waals surface area contributed by atoms with Crippen LogP contribution in [-0.4, -0.2) is 50.0 Å². The second-order valence-electron chi connectivity index (χ2n) is 6.71. The lowest BCUT2D eigenvalue weighted by molar-refractivity contribution is -0.0682. The van der Waals surface area contributed by atoms with Gasteiger partial charge < -0.3 is 9.47 Å². The normalized spacial score (nSPS) is 26.7. The highest BCUT2D eigenvalue weighted by atomic mass is 16.5. The van der Waals surface area contributed by atoms with Crippen molar-refractivity contribution in [2.45, 2.75) is 38.8 Å². The minimum absolute atomic E-state index is 0.539. The number of rotatable bonds is 4. The summed E-state index contributed by atoms with van der Waals surface area (Å²) >= 11 is 0. The Morgan fingerprint density at radius 2 is 2.09 bits per heavy atom. The molecule has 122 valence electrons. The number of benzene rings is 1. The molecule has 4 heteroatoms. The number of ether oxygens (including phenoxy) is 2. The van der Waals surface area contributed by atoms with E-state index in [0.29, 0.717) is 12.0 Å². The van der Waals surface area contributed by atoms with Crippen LogP contribution in [0.5, 0.6) is 5.75 Å². The van der Waals surface area contributed by atoms with Gasteiger partial charge in [-0.05, 0) is 48.4 Å². The van der Waals surface area contributed by atoms with Crippen LogP contribution in [0.15, 0.2) is 18.2 Å². The van der Waals surface area contributed by atoms with Gasteiger partial charge in [-0.15, -0.1) is 0 Å². The second kappa shape index (κ2) is 6.99. The van der Waals surface area contributed by atoms with Crippen molar-refractivity contribution in [1.29, 1.82) is 0 Å². The van der Waals surface area contributed by atoms with Gasteiger partial charge in [0.1, 0.15) is 5.75 Å². The zero-order valence-electron chi connectivity index (χ0n) is 14.0. The van der Waals surface area contributed by atoms with Crippen molar-refractivity contribution in [1.82, 2.24) is 10.0 Å². The van der Waals surface area contributed by atoms with Crippen molar-refractivity contribution in [2.24, 2.45) is 5.92 Å². The molecule has 0 bridgehead atoms. The van der Waals surface area contributed by atoms with Gasteiger partial charge in [0.2, 0.25) is 0 Å². The first-order valence-corrected chi connectivity index (χ1v) is 8.37. The van der Waals surface area contributed by atoms with Gasteiger partial charge in [0, 0.05) is 32.8 Å². The SMILES string of the molecule is COC[C@@H]1CCCN1N1Cc2ccc(OC)cc2CC(C)C1. The number of nitrogens with zero attached hydrogens (tertiary/aromatic N) is 2. The molecular formula is C18H28N2O2. The second-order valence-corrected chi connectivity index (χ2v) is 6.71. The number of hydrazine groups is 1. The van der Waals surface area contributed by atoms with Gasteiger partial charge in [-0.3, -0.25) is 0 Å². The molecule has 2 atom stereocenters. The summed E-state index contributed by atoms with van der Waals surface area (Å²) in [6, 6.07) is 7.08. The summed E-state index contributed by atoms with van der Waals surface area (Å²) in [4.78, 5) is 0. The molecule has 0 N–H and O–H groups in total. The van der Waals surface area contributed by atoms with Crippen molar-refractivity contribution in [3.05, 3.63) is 29.3 Å². The molecule has 0 amide bonds. The maximum atomic E-state index is 5.42. The summed E-state index contributed by atoms with van der Waals surface area (Å²) in [7, 11) is 3.55. The zero-order valence-corrected chi connectivity index (χ0v) is 14.0. The van der Waals surface area contributed by atoms with Crippen LogP contribution in [-0.2, 0) is 17.7 Å². The first kappa shape index (κ1) is 15.8. The molecule has 22 heavy (non-hydrogen) atoms. The van der Waals surface area contributed by atoms with Crippen molar-refractivity contribution in [3.8, 4) is 5.75 Å². The zero-order chi connectivity index (χ0) is 15.5. The molecule has 0 spiro atoms. The first-order chi connectivity index (χ1) is 10.7. The fourth-order valence-corrected chi connectivity index (χ4v) is 3.88. The van der Waals surface area contributed by atoms with Crippen LogP contribution in [0.4, 0.5) is 0 Å². The minimum atomic E-state index is 0.539. The van der Waals surface area contributed by atoms with Gasteiger partial charge >= 0.3 is 0 Å². The summed E-state index contributed by atoms with van der Waals surface area (Å²) in [6.45, 7) is 6.47. The number of hydrogen-bond acceptors (Lipinski definition) is 4. The Balaban J connectivity index is 1.81. The van der Waals surface area contributed by atoms with Gasteiger partial charge in [-0.2, -0.15) is 0 Å². The molecule has 3 rings (SSSR count). The predicted octanol–water partition coefficient (Wildman–Crippen LogP) is 2.72. The molecule has 2 aliphatic heterocycles. The van der Waals surface area contributed by atoms with E-state index >= 15 is 0 Å². The summed E-state index contributed by atoms with van der Waals surface area (Å²) in [5, 5.41) is 5.11. The van der Waals surface area contributed by atoms with Crippen molar-refractivity contribution >= 4 is 0 Å². The summed E-state index contributed by atoms with van der Waals surface area (Å²) in [6.07, 6.45) is 3.65. The largest absolute Gasteiger partial charge is 0.497 e. The van der Waals surface area contributed by atoms with Gasteiger partial charge in [0.25, 0.3) is 0 Å². The Morgan fingerprint density at radius 3 is 2.86 bits per heavy atom. The average molecular weight is 304 g/mol. The lowest BCUT2D eigenvalue weighted by Gasteiger charge is -2.36. The maximum Gasteiger partial charge on any atom is 0.119 e. The highest BCUT2D eigenvalue weighted by molar-refractivity contribution is 5.36. The Kier molecular flexibility index (Phi) is 5.01. The fraction of sp³-hybridized carbons (Fsp3) is 0.667. The van der Waals surface area contributed by atoms with Crippen molar-refractivity contribution in [2.75, 3.05) is 33.9 Å². The van der Waals surface area contributed by atoms with E-state index in [1.54, 1.807) is 7.11 Å². The van der Waals surface area contributed by atoms with E-state index in [0.717, 1.165) is 38.4 Å². The molecule has 4 nitrogen and oxygen atoms in total. The molecule has 1 aromatic carbocycles. The maximum absolute atomic E-state index is 5.42. The molecule has 0 saturated carbocycles. The van der Waals surface area contributed by atoms with Crippen LogP contribution in [0.3, 0.4) is 0 Å². The third kappa shape index (κ3) is 3.29. The molecule has 2 heterocycles. The summed E-state index contributed by atoms with van der Waals surface area (Å²) in [5.41, 5.74) is 2.88. The van der Waals surface area contributed by atoms with E-state index in [9.17, 15) is 0 Å². The van der Waals surface area contributed by atoms with Crippen LogP contribution in [0.25, 0.3) is 0 Å². The average Bonchev–Trinajstić information content (AvgIpc) is 2.89. The first-order valence-electron chi connectivity index (χ1n) is 8.37. The molecule has 0 aliphatic carbocycles. The number of methoxy groups -OCH3 is 2. The van der Waals surface area contributed by atoms with E-state index in [2.05, 4.69) is 35.1 Å². The predicted molar refractivity (Wildman–Crippen MR) is 87.9 cm³/mol. The molecule has 0 radical (unpaired) electrons. The van der Waals surface area contributed by atoms with E-state index in [4.69, 9.17) is 9.47 Å². The minimum Gasteiger partial charge on any atom is -0.497 e. The van der Waals surface area contributed by atoms with Gasteiger partial charge in [-0.25, -0.2) is 10.0 Å². The summed E-state index contributed by atoms with van der Waals surface area (Å²) < 4.78 is 10.8. The molecule has 1 saturated heterocycles. The molecular weight excluding hydrogens is 276 g/mol. The lowest BCUT2D eigenvalue weighted by Crippen LogP contribution is -2.47. The molecule has 1 unspecified atom stereocenters. The van der Waals surface area contributed by atoms with E-state index < -0.39 is 0 Å². The van der Waals surface area contributed by atoms with Gasteiger partial charge in [0.05, 0.1) is 13.7 Å². The summed E-state index contributed by atoms with van der Waals surface area (Å²) in [5.74, 6) is 1.62. The topological polar surface area (TPSA) is 24.9 Å². The van der Waals surface area contributed by atoms with Crippen LogP contribution < -0.4 is 4.74 Å². The van der Waals surface area contributed by atoms with Gasteiger partial charge in [0.15, 0.2) is 0 Å². The van der Waals surface area contributed by atoms with Crippen molar-refractivity contribution < 1.29 is 9.47 Å². The Morgan fingerprint density at radius 1 is 1.23 bits per heavy atom. The van der Waals surface area contributed by atoms with E-state index in [1.165, 1.54) is 24.0 Å². The monoisotopic (exact) mass is 304 g/mol. The third-order valence-corrected chi connectivity index (χ3v) is 4.93. The smallest absolute Gasteiger partial charge is 0.119 e. The number of hydrogen-bond donors (Lipinski definition) is 0. The van der Waals surface area contributed by atoms with E-state index in [1.807, 2.05) is 7.11 Å². The van der Waals surface area contributed by atoms with Gasteiger partial charge in [-0.1, -0.05) is 13.0 Å². The fourth-order valence-electron chi connectivity index (χ4n) is 3.88. The lowest BCUT2D eigenvalue weighted by atomic mass is 9.98. The van der Waals surface area contributed by atoms with Crippen LogP contribution in [0.2, 0.25) is 0 Å². The van der Waals surface area contributed by atoms with Crippen LogP contribution in [0, 0.1) is 5.92 Å². The Hall–Kier alpha value is -1.10. The van der Waals surface area contributed by atoms with E-state index in [-0.39, 0.29) is 0 Å². The number of fused-ring (bicyclic) bond motifs is 1.